The molecule has 2 aromatic rings. The van der Waals surface area contributed by atoms with E-state index in [0.717, 1.165) is 10.0 Å². The summed E-state index contributed by atoms with van der Waals surface area (Å²) in [5.74, 6) is 0.227. The van der Waals surface area contributed by atoms with E-state index in [-0.39, 0.29) is 23.5 Å². The maximum absolute atomic E-state index is 12.6. The number of aryl methyl sites for hydroxylation is 1. The van der Waals surface area contributed by atoms with Crippen molar-refractivity contribution in [2.24, 2.45) is 0 Å². The van der Waals surface area contributed by atoms with E-state index in [4.69, 9.17) is 4.74 Å². The van der Waals surface area contributed by atoms with Gasteiger partial charge in [-0.2, -0.15) is 4.31 Å². The normalized spacial score (nSPS) is 12.6. The fourth-order valence-corrected chi connectivity index (χ4v) is 4.90. The summed E-state index contributed by atoms with van der Waals surface area (Å²) < 4.78 is 33.2. The fourth-order valence-electron chi connectivity index (χ4n) is 2.94. The molecule has 0 unspecified atom stereocenters. The third-order valence-corrected chi connectivity index (χ3v) is 7.11. The number of halogens is 1. The van der Waals surface area contributed by atoms with Gasteiger partial charge in [0, 0.05) is 17.6 Å². The lowest BCUT2D eigenvalue weighted by Crippen LogP contribution is -2.31. The number of nitrogens with one attached hydrogen (secondary N) is 1. The van der Waals surface area contributed by atoms with E-state index in [1.54, 1.807) is 32.9 Å². The summed E-state index contributed by atoms with van der Waals surface area (Å²) in [4.78, 5) is 12.5. The average molecular weight is 483 g/mol. The predicted molar refractivity (Wildman–Crippen MR) is 117 cm³/mol. The Morgan fingerprint density at radius 2 is 1.86 bits per heavy atom. The van der Waals surface area contributed by atoms with Crippen LogP contribution in [0.5, 0.6) is 5.75 Å². The number of sulfonamides is 1. The number of carbonyl (C=O) groups excluding carboxylic acids is 1. The minimum Gasteiger partial charge on any atom is -0.484 e. The van der Waals surface area contributed by atoms with Crippen LogP contribution < -0.4 is 10.1 Å². The third-order valence-electron chi connectivity index (χ3n) is 4.57. The summed E-state index contributed by atoms with van der Waals surface area (Å²) in [6, 6.07) is 12.2. The monoisotopic (exact) mass is 482 g/mol. The number of hydrogen-bond acceptors (Lipinski definition) is 4. The van der Waals surface area contributed by atoms with Crippen LogP contribution in [0.4, 0.5) is 0 Å². The second-order valence-electron chi connectivity index (χ2n) is 6.65. The number of nitrogens with zero attached hydrogens (tertiary/aromatic N) is 1. The van der Waals surface area contributed by atoms with Gasteiger partial charge in [-0.3, -0.25) is 4.79 Å². The Hall–Kier alpha value is -1.90. The second kappa shape index (κ2) is 10.2. The molecule has 0 aromatic heterocycles. The number of carbonyl (C=O) groups is 1. The molecule has 6 nitrogen and oxygen atoms in total. The molecule has 0 aliphatic rings. The molecular weight excluding hydrogens is 456 g/mol. The van der Waals surface area contributed by atoms with Crippen LogP contribution in [0.1, 0.15) is 37.9 Å². The van der Waals surface area contributed by atoms with Gasteiger partial charge in [0.05, 0.1) is 10.9 Å². The van der Waals surface area contributed by atoms with Crippen LogP contribution in [0, 0.1) is 6.92 Å². The Bertz CT molecular complexity index is 959. The molecule has 0 saturated heterocycles. The summed E-state index contributed by atoms with van der Waals surface area (Å²) in [5.41, 5.74) is 1.64. The van der Waals surface area contributed by atoms with Crippen molar-refractivity contribution in [1.29, 1.82) is 0 Å². The molecule has 0 fully saturated rings. The molecule has 1 amide bonds. The topological polar surface area (TPSA) is 75.7 Å². The highest BCUT2D eigenvalue weighted by atomic mass is 79.9. The molecule has 1 atom stereocenters. The van der Waals surface area contributed by atoms with E-state index in [9.17, 15) is 13.2 Å². The van der Waals surface area contributed by atoms with Crippen molar-refractivity contribution in [3.05, 3.63) is 58.1 Å². The zero-order valence-corrected chi connectivity index (χ0v) is 19.5. The van der Waals surface area contributed by atoms with E-state index in [0.29, 0.717) is 24.4 Å². The Kier molecular flexibility index (Phi) is 8.24. The molecule has 0 spiro atoms. The quantitative estimate of drug-likeness (QED) is 0.584. The maximum atomic E-state index is 12.6. The highest BCUT2D eigenvalue weighted by Gasteiger charge is 2.22. The van der Waals surface area contributed by atoms with Gasteiger partial charge in [0.15, 0.2) is 6.61 Å². The molecule has 2 aromatic carbocycles. The second-order valence-corrected chi connectivity index (χ2v) is 9.50. The van der Waals surface area contributed by atoms with Crippen LogP contribution in [0.3, 0.4) is 0 Å². The molecule has 1 N–H and O–H groups in total. The first kappa shape index (κ1) is 23.4. The number of benzene rings is 2. The van der Waals surface area contributed by atoms with Gasteiger partial charge < -0.3 is 10.1 Å². The van der Waals surface area contributed by atoms with Crippen LogP contribution in [-0.4, -0.2) is 38.3 Å². The number of hydrogen-bond donors (Lipinski definition) is 1. The molecule has 0 saturated carbocycles. The molecule has 0 aliphatic heterocycles. The van der Waals surface area contributed by atoms with Crippen LogP contribution >= 0.6 is 15.9 Å². The van der Waals surface area contributed by atoms with Gasteiger partial charge in [0.1, 0.15) is 5.75 Å². The van der Waals surface area contributed by atoms with Gasteiger partial charge in [0.25, 0.3) is 5.91 Å². The zero-order valence-electron chi connectivity index (χ0n) is 17.1. The van der Waals surface area contributed by atoms with E-state index >= 15 is 0 Å². The Morgan fingerprint density at radius 1 is 1.17 bits per heavy atom. The molecule has 0 heterocycles. The van der Waals surface area contributed by atoms with Gasteiger partial charge in [-0.25, -0.2) is 8.42 Å². The van der Waals surface area contributed by atoms with Gasteiger partial charge in [0.2, 0.25) is 10.0 Å². The molecular formula is C21H27BrN2O4S. The molecule has 0 aliphatic carbocycles. The lowest BCUT2D eigenvalue weighted by molar-refractivity contribution is -0.123. The largest absolute Gasteiger partial charge is 0.484 e. The van der Waals surface area contributed by atoms with Crippen molar-refractivity contribution < 1.29 is 17.9 Å². The molecule has 2 rings (SSSR count). The predicted octanol–water partition coefficient (Wildman–Crippen LogP) is 4.04. The Morgan fingerprint density at radius 3 is 2.45 bits per heavy atom. The zero-order chi connectivity index (χ0) is 21.6. The van der Waals surface area contributed by atoms with E-state index in [2.05, 4.69) is 21.2 Å². The van der Waals surface area contributed by atoms with Crippen molar-refractivity contribution in [2.75, 3.05) is 19.7 Å². The number of rotatable bonds is 9. The van der Waals surface area contributed by atoms with Crippen molar-refractivity contribution in [1.82, 2.24) is 9.62 Å². The minimum atomic E-state index is -3.53. The fraction of sp³-hybridized carbons (Fsp3) is 0.381. The minimum absolute atomic E-state index is 0.151. The lowest BCUT2D eigenvalue weighted by atomic mass is 10.1. The Labute approximate surface area is 181 Å². The third kappa shape index (κ3) is 6.04. The maximum Gasteiger partial charge on any atom is 0.258 e. The summed E-state index contributed by atoms with van der Waals surface area (Å²) >= 11 is 3.42. The molecule has 158 valence electrons. The van der Waals surface area contributed by atoms with Crippen molar-refractivity contribution in [3.63, 3.8) is 0 Å². The van der Waals surface area contributed by atoms with E-state index < -0.39 is 10.0 Å². The van der Waals surface area contributed by atoms with Gasteiger partial charge in [-0.15, -0.1) is 0 Å². The highest BCUT2D eigenvalue weighted by molar-refractivity contribution is 9.10. The van der Waals surface area contributed by atoms with Crippen molar-refractivity contribution in [3.8, 4) is 5.75 Å². The highest BCUT2D eigenvalue weighted by Crippen LogP contribution is 2.24. The molecule has 8 heteroatoms. The summed E-state index contributed by atoms with van der Waals surface area (Å²) in [6.45, 7) is 7.94. The standard InChI is InChI=1S/C21H27BrN2O4S/c1-5-24(6-2)29(26,27)19-10-11-20(15(3)12-19)28-14-21(25)23-16(4)17-8-7-9-18(22)13-17/h7-13,16H,5-6,14H2,1-4H3,(H,23,25)/t16-/m0/s1. The van der Waals surface area contributed by atoms with E-state index in [1.807, 2.05) is 31.2 Å². The molecule has 0 bridgehead atoms. The number of ether oxygens (including phenoxy) is 1. The smallest absolute Gasteiger partial charge is 0.258 e. The summed E-state index contributed by atoms with van der Waals surface area (Å²) in [6.07, 6.45) is 0. The molecule has 0 radical (unpaired) electrons. The van der Waals surface area contributed by atoms with Gasteiger partial charge >= 0.3 is 0 Å². The summed E-state index contributed by atoms with van der Waals surface area (Å²) in [7, 11) is -3.53. The van der Waals surface area contributed by atoms with Gasteiger partial charge in [-0.05, 0) is 55.3 Å². The van der Waals surface area contributed by atoms with Gasteiger partial charge in [-0.1, -0.05) is 41.9 Å². The van der Waals surface area contributed by atoms with Crippen molar-refractivity contribution >= 4 is 31.9 Å². The first-order valence-corrected chi connectivity index (χ1v) is 11.7. The Balaban J connectivity index is 2.01. The molecule has 29 heavy (non-hydrogen) atoms. The SMILES string of the molecule is CCN(CC)S(=O)(=O)c1ccc(OCC(=O)N[C@@H](C)c2cccc(Br)c2)c(C)c1. The number of amides is 1. The van der Waals surface area contributed by atoms with Crippen molar-refractivity contribution in [2.45, 2.75) is 38.6 Å². The van der Waals surface area contributed by atoms with Crippen LogP contribution in [0.2, 0.25) is 0 Å². The van der Waals surface area contributed by atoms with Crippen LogP contribution in [-0.2, 0) is 14.8 Å². The average Bonchev–Trinajstić information content (AvgIpc) is 2.67. The van der Waals surface area contributed by atoms with Crippen LogP contribution in [0.15, 0.2) is 51.8 Å². The summed E-state index contributed by atoms with van der Waals surface area (Å²) in [5, 5.41) is 2.89. The van der Waals surface area contributed by atoms with Crippen LogP contribution in [0.25, 0.3) is 0 Å². The first-order chi connectivity index (χ1) is 13.7. The van der Waals surface area contributed by atoms with E-state index in [1.165, 1.54) is 10.4 Å². The first-order valence-electron chi connectivity index (χ1n) is 9.47. The lowest BCUT2D eigenvalue weighted by Gasteiger charge is -2.19.